The van der Waals surface area contributed by atoms with Crippen LogP contribution in [0.4, 0.5) is 20.5 Å². The van der Waals surface area contributed by atoms with E-state index in [0.717, 1.165) is 0 Å². The molecule has 21 heavy (non-hydrogen) atoms. The van der Waals surface area contributed by atoms with Gasteiger partial charge in [0.25, 0.3) is 0 Å². The molecule has 0 atom stereocenters. The number of hydrogen-bond donors (Lipinski definition) is 2. The van der Waals surface area contributed by atoms with E-state index in [-0.39, 0.29) is 34.5 Å². The van der Waals surface area contributed by atoms with Gasteiger partial charge in [-0.3, -0.25) is 0 Å². The molecule has 2 heterocycles. The number of nitrogen functional groups attached to an aromatic ring is 2. The Balaban J connectivity index is 2.14. The Bertz CT molecular complexity index is 788. The molecular weight excluding hydrogens is 284 g/mol. The zero-order valence-corrected chi connectivity index (χ0v) is 10.3. The summed E-state index contributed by atoms with van der Waals surface area (Å²) in [5, 5.41) is 9.10. The number of benzene rings is 1. The van der Waals surface area contributed by atoms with Crippen molar-refractivity contribution < 1.29 is 18.3 Å². The highest BCUT2D eigenvalue weighted by molar-refractivity contribution is 5.74. The summed E-state index contributed by atoms with van der Waals surface area (Å²) in [5.41, 5.74) is 11.5. The molecule has 9 heteroatoms. The van der Waals surface area contributed by atoms with Gasteiger partial charge in [-0.15, -0.1) is 8.78 Å². The third kappa shape index (κ3) is 2.12. The Morgan fingerprint density at radius 1 is 1.14 bits per heavy atom. The maximum absolute atomic E-state index is 13.0. The molecule has 106 valence electrons. The van der Waals surface area contributed by atoms with Gasteiger partial charge < -0.3 is 20.9 Å². The minimum absolute atomic E-state index is 0.00479. The fourth-order valence-electron chi connectivity index (χ4n) is 1.91. The van der Waals surface area contributed by atoms with E-state index >= 15 is 0 Å². The Morgan fingerprint density at radius 2 is 1.86 bits per heavy atom. The molecule has 0 radical (unpaired) electrons. The molecule has 0 saturated heterocycles. The number of nitrogens with two attached hydrogens (primary N) is 2. The van der Waals surface area contributed by atoms with Crippen LogP contribution < -0.4 is 20.9 Å². The monoisotopic (exact) mass is 291 g/mol. The second kappa shape index (κ2) is 4.17. The lowest BCUT2D eigenvalue weighted by Gasteiger charge is -2.07. The Labute approximate surface area is 116 Å². The third-order valence-electron chi connectivity index (χ3n) is 2.74. The highest BCUT2D eigenvalue weighted by atomic mass is 19.3. The smallest absolute Gasteiger partial charge is 0.395 e. The van der Waals surface area contributed by atoms with E-state index in [9.17, 15) is 8.78 Å². The Hall–Kier alpha value is -3.15. The van der Waals surface area contributed by atoms with Crippen molar-refractivity contribution in [3.8, 4) is 28.8 Å². The van der Waals surface area contributed by atoms with Crippen LogP contribution in [0.1, 0.15) is 5.56 Å². The van der Waals surface area contributed by atoms with Gasteiger partial charge in [-0.2, -0.15) is 10.2 Å². The molecule has 3 rings (SSSR count). The van der Waals surface area contributed by atoms with Gasteiger partial charge in [0.05, 0.1) is 5.69 Å². The summed E-state index contributed by atoms with van der Waals surface area (Å²) < 4.78 is 34.6. The summed E-state index contributed by atoms with van der Waals surface area (Å²) in [4.78, 5) is 7.59. The summed E-state index contributed by atoms with van der Waals surface area (Å²) in [6, 6.07) is 5.83. The van der Waals surface area contributed by atoms with Crippen molar-refractivity contribution in [2.24, 2.45) is 0 Å². The molecule has 0 spiro atoms. The number of halogens is 2. The first-order valence-electron chi connectivity index (χ1n) is 5.63. The number of aromatic nitrogens is 2. The van der Waals surface area contributed by atoms with Crippen LogP contribution in [0.5, 0.6) is 11.5 Å². The molecule has 1 aliphatic rings. The van der Waals surface area contributed by atoms with Gasteiger partial charge >= 0.3 is 6.29 Å². The van der Waals surface area contributed by atoms with Crippen molar-refractivity contribution >= 4 is 11.8 Å². The Kier molecular flexibility index (Phi) is 2.56. The lowest BCUT2D eigenvalue weighted by atomic mass is 10.1. The molecule has 4 N–H and O–H groups in total. The van der Waals surface area contributed by atoms with Crippen molar-refractivity contribution in [3.05, 3.63) is 23.8 Å². The lowest BCUT2D eigenvalue weighted by molar-refractivity contribution is -0.286. The first kappa shape index (κ1) is 12.9. The van der Waals surface area contributed by atoms with Crippen LogP contribution in [0.25, 0.3) is 11.3 Å². The SMILES string of the molecule is N#Cc1c(N)nc(N)nc1-c1ccc2c(c1)OC(F)(F)O2. The van der Waals surface area contributed by atoms with Gasteiger partial charge in [0.2, 0.25) is 5.95 Å². The molecule has 0 bridgehead atoms. The number of anilines is 2. The average molecular weight is 291 g/mol. The second-order valence-electron chi connectivity index (χ2n) is 4.13. The van der Waals surface area contributed by atoms with E-state index < -0.39 is 6.29 Å². The zero-order chi connectivity index (χ0) is 15.2. The zero-order valence-electron chi connectivity index (χ0n) is 10.3. The largest absolute Gasteiger partial charge is 0.586 e. The van der Waals surface area contributed by atoms with E-state index in [4.69, 9.17) is 16.7 Å². The minimum atomic E-state index is -3.72. The quantitative estimate of drug-likeness (QED) is 0.816. The number of ether oxygens (including phenoxy) is 2. The van der Waals surface area contributed by atoms with Crippen LogP contribution in [0.2, 0.25) is 0 Å². The van der Waals surface area contributed by atoms with Gasteiger partial charge in [0, 0.05) is 5.56 Å². The minimum Gasteiger partial charge on any atom is -0.395 e. The lowest BCUT2D eigenvalue weighted by Crippen LogP contribution is -2.25. The number of hydrogen-bond acceptors (Lipinski definition) is 7. The molecule has 0 aliphatic carbocycles. The van der Waals surface area contributed by atoms with Crippen molar-refractivity contribution in [3.63, 3.8) is 0 Å². The molecule has 7 nitrogen and oxygen atoms in total. The summed E-state index contributed by atoms with van der Waals surface area (Å²) in [6.07, 6.45) is -3.72. The summed E-state index contributed by atoms with van der Waals surface area (Å²) in [5.74, 6) is -0.512. The van der Waals surface area contributed by atoms with Crippen LogP contribution in [0, 0.1) is 11.3 Å². The number of nitriles is 1. The predicted molar refractivity (Wildman–Crippen MR) is 67.2 cm³/mol. The van der Waals surface area contributed by atoms with Crippen molar-refractivity contribution in [2.45, 2.75) is 6.29 Å². The molecule has 0 unspecified atom stereocenters. The summed E-state index contributed by atoms with van der Waals surface area (Å²) >= 11 is 0. The average Bonchev–Trinajstić information content (AvgIpc) is 2.70. The maximum atomic E-state index is 13.0. The molecule has 1 aliphatic heterocycles. The standard InChI is InChI=1S/C12H7F2N5O2/c13-12(14)20-7-2-1-5(3-8(7)21-12)9-6(4-15)10(16)19-11(17)18-9/h1-3H,(H4,16,17,18,19). The fraction of sp³-hybridized carbons (Fsp3) is 0.0833. The number of rotatable bonds is 1. The first-order valence-corrected chi connectivity index (χ1v) is 5.63. The van der Waals surface area contributed by atoms with Crippen molar-refractivity contribution in [2.75, 3.05) is 11.5 Å². The summed E-state index contributed by atoms with van der Waals surface area (Å²) in [7, 11) is 0. The van der Waals surface area contributed by atoms with Crippen LogP contribution in [0.15, 0.2) is 18.2 Å². The molecule has 0 saturated carbocycles. The first-order chi connectivity index (χ1) is 9.89. The molecule has 1 aromatic heterocycles. The van der Waals surface area contributed by atoms with Gasteiger partial charge in [-0.25, -0.2) is 4.98 Å². The van der Waals surface area contributed by atoms with Crippen molar-refractivity contribution in [1.82, 2.24) is 9.97 Å². The van der Waals surface area contributed by atoms with Gasteiger partial charge in [-0.1, -0.05) is 0 Å². The van der Waals surface area contributed by atoms with E-state index in [1.165, 1.54) is 18.2 Å². The number of fused-ring (bicyclic) bond motifs is 1. The second-order valence-corrected chi connectivity index (χ2v) is 4.13. The van der Waals surface area contributed by atoms with E-state index in [0.29, 0.717) is 5.56 Å². The van der Waals surface area contributed by atoms with Crippen LogP contribution in [0.3, 0.4) is 0 Å². The molecule has 0 amide bonds. The van der Waals surface area contributed by atoms with Gasteiger partial charge in [0.1, 0.15) is 17.5 Å². The fourth-order valence-corrected chi connectivity index (χ4v) is 1.91. The molecule has 2 aromatic rings. The van der Waals surface area contributed by atoms with Gasteiger partial charge in [-0.05, 0) is 18.2 Å². The van der Waals surface area contributed by atoms with Crippen LogP contribution in [-0.2, 0) is 0 Å². The predicted octanol–water partition coefficient (Wildman–Crippen LogP) is 1.50. The van der Waals surface area contributed by atoms with Crippen LogP contribution >= 0.6 is 0 Å². The van der Waals surface area contributed by atoms with E-state index in [1.54, 1.807) is 0 Å². The highest BCUT2D eigenvalue weighted by Gasteiger charge is 2.43. The van der Waals surface area contributed by atoms with Crippen LogP contribution in [-0.4, -0.2) is 16.3 Å². The summed E-state index contributed by atoms with van der Waals surface area (Å²) in [6.45, 7) is 0. The Morgan fingerprint density at radius 3 is 2.57 bits per heavy atom. The molecule has 0 fully saturated rings. The van der Waals surface area contributed by atoms with E-state index in [1.807, 2.05) is 6.07 Å². The maximum Gasteiger partial charge on any atom is 0.586 e. The highest BCUT2D eigenvalue weighted by Crippen LogP contribution is 2.43. The van der Waals surface area contributed by atoms with Crippen molar-refractivity contribution in [1.29, 1.82) is 5.26 Å². The topological polar surface area (TPSA) is 120 Å². The number of nitrogens with zero attached hydrogens (tertiary/aromatic N) is 3. The normalized spacial score (nSPS) is 14.7. The number of alkyl halides is 2. The van der Waals surface area contributed by atoms with E-state index in [2.05, 4.69) is 19.4 Å². The third-order valence-corrected chi connectivity index (χ3v) is 2.74. The molecular formula is C12H7F2N5O2. The van der Waals surface area contributed by atoms with Gasteiger partial charge in [0.15, 0.2) is 11.5 Å². The molecule has 1 aromatic carbocycles.